The Hall–Kier alpha value is -12.4. The number of rotatable bonds is 21. The van der Waals surface area contributed by atoms with Crippen LogP contribution in [0.4, 0.5) is 0 Å². The minimum atomic E-state index is -0.481. The molecule has 0 fully saturated rings. The molecule has 594 valence electrons. The monoisotopic (exact) mass is 1900 g/mol. The van der Waals surface area contributed by atoms with Crippen LogP contribution in [0.5, 0.6) is 34.5 Å². The Morgan fingerprint density at radius 2 is 0.448 bits per heavy atom. The van der Waals surface area contributed by atoms with Gasteiger partial charge in [0.05, 0.1) is 50.7 Å². The fourth-order valence-corrected chi connectivity index (χ4v) is 8.83. The number of carbonyl (C=O) groups excluding carboxylic acids is 6. The Balaban J connectivity index is 0.000000248. The fraction of sp³-hybridized carbons (Fsp3) is 0.188. The van der Waals surface area contributed by atoms with Crippen molar-refractivity contribution in [1.82, 2.24) is 29.9 Å². The van der Waals surface area contributed by atoms with E-state index in [-0.39, 0.29) is 58.1 Å². The standard InChI is InChI=1S/3C17H18NO2.3C15H12NO2.2Ir/c3*1-4-17(2,3)16(19)20-14-9-7-8-13(12-14)15-10-5-6-11-18-15;3*1-11(2)15(17)18-13-7-5-6-12(10-13)14-8-3-4-9-16-14;;/h3*5-7,9-12H,4H2,1-3H3;3*3-5,7-10H,1H2,2H3;;/q6*-1;2*+3. The molecular weight excluding hydrogens is 1810 g/mol. The minimum Gasteiger partial charge on any atom is -0.446 e. The molecule has 0 atom stereocenters. The van der Waals surface area contributed by atoms with Crippen LogP contribution in [0.15, 0.2) is 292 Å². The third-order valence-corrected chi connectivity index (χ3v) is 16.9. The van der Waals surface area contributed by atoms with Crippen molar-refractivity contribution in [3.8, 4) is 102 Å². The van der Waals surface area contributed by atoms with Gasteiger partial charge >= 0.3 is 76.0 Å². The summed E-state index contributed by atoms with van der Waals surface area (Å²) in [6.45, 7) is 32.6. The van der Waals surface area contributed by atoms with Gasteiger partial charge in [-0.05, 0) is 152 Å². The van der Waals surface area contributed by atoms with Crippen molar-refractivity contribution < 1.29 is 97.4 Å². The van der Waals surface area contributed by atoms with E-state index in [1.54, 1.807) is 167 Å². The molecule has 0 saturated heterocycles. The first-order valence-electron chi connectivity index (χ1n) is 36.5. The smallest absolute Gasteiger partial charge is 0.446 e. The molecule has 6 heterocycles. The second-order valence-corrected chi connectivity index (χ2v) is 27.3. The molecule has 0 amide bonds. The van der Waals surface area contributed by atoms with E-state index in [1.165, 1.54) is 0 Å². The van der Waals surface area contributed by atoms with E-state index < -0.39 is 34.2 Å². The molecule has 0 aliphatic heterocycles. The fourth-order valence-electron chi connectivity index (χ4n) is 8.83. The molecule has 0 aliphatic carbocycles. The Morgan fingerprint density at radius 1 is 0.284 bits per heavy atom. The number of hydrogen-bond acceptors (Lipinski definition) is 18. The Bertz CT molecular complexity index is 4680. The number of ether oxygens (including phenoxy) is 6. The van der Waals surface area contributed by atoms with Gasteiger partial charge in [0.15, 0.2) is 0 Å². The summed E-state index contributed by atoms with van der Waals surface area (Å²) < 4.78 is 31.8. The van der Waals surface area contributed by atoms with Gasteiger partial charge in [0, 0.05) is 53.9 Å². The van der Waals surface area contributed by atoms with Crippen LogP contribution in [0.25, 0.3) is 67.5 Å². The zero-order valence-corrected chi connectivity index (χ0v) is 71.5. The molecule has 0 aliphatic rings. The van der Waals surface area contributed by atoms with Crippen molar-refractivity contribution in [1.29, 1.82) is 0 Å². The van der Waals surface area contributed by atoms with Crippen LogP contribution >= 0.6 is 0 Å². The van der Waals surface area contributed by atoms with Crippen molar-refractivity contribution in [2.45, 2.75) is 102 Å². The molecule has 0 radical (unpaired) electrons. The van der Waals surface area contributed by atoms with Crippen LogP contribution in [0.1, 0.15) is 102 Å². The van der Waals surface area contributed by atoms with Crippen LogP contribution in [0, 0.1) is 52.6 Å². The number of nitrogens with zero attached hydrogens (tertiary/aromatic N) is 6. The molecule has 116 heavy (non-hydrogen) atoms. The Morgan fingerprint density at radius 3 is 0.586 bits per heavy atom. The zero-order valence-electron chi connectivity index (χ0n) is 66.7. The maximum absolute atomic E-state index is 12.1. The maximum Gasteiger partial charge on any atom is 3.00 e. The topological polar surface area (TPSA) is 235 Å². The molecule has 0 unspecified atom stereocenters. The van der Waals surface area contributed by atoms with Gasteiger partial charge in [-0.25, -0.2) is 14.4 Å². The first-order valence-corrected chi connectivity index (χ1v) is 36.5. The van der Waals surface area contributed by atoms with Crippen LogP contribution in [0.2, 0.25) is 0 Å². The van der Waals surface area contributed by atoms with E-state index in [4.69, 9.17) is 28.4 Å². The molecule has 12 rings (SSSR count). The van der Waals surface area contributed by atoms with Crippen molar-refractivity contribution in [2.75, 3.05) is 0 Å². The van der Waals surface area contributed by atoms with E-state index in [0.717, 1.165) is 86.8 Å². The molecule has 6 aromatic carbocycles. The van der Waals surface area contributed by atoms with E-state index in [1.807, 2.05) is 172 Å². The number of pyridine rings is 6. The van der Waals surface area contributed by atoms with Gasteiger partial charge in [-0.1, -0.05) is 113 Å². The third-order valence-electron chi connectivity index (χ3n) is 16.9. The zero-order chi connectivity index (χ0) is 82.6. The predicted molar refractivity (Wildman–Crippen MR) is 442 cm³/mol. The predicted octanol–water partition coefficient (Wildman–Crippen LogP) is 20.8. The summed E-state index contributed by atoms with van der Waals surface area (Å²) in [5, 5.41) is 0. The average Bonchev–Trinajstić information content (AvgIpc) is 0.893. The number of carbonyl (C=O) groups is 6. The van der Waals surface area contributed by atoms with Gasteiger partial charge in [-0.3, -0.25) is 14.4 Å². The van der Waals surface area contributed by atoms with Gasteiger partial charge in [-0.15, -0.1) is 179 Å². The second-order valence-electron chi connectivity index (χ2n) is 27.3. The van der Waals surface area contributed by atoms with E-state index in [0.29, 0.717) is 51.2 Å². The van der Waals surface area contributed by atoms with Crippen LogP contribution in [-0.2, 0) is 69.0 Å². The largest absolute Gasteiger partial charge is 3.00 e. The first-order chi connectivity index (χ1) is 54.6. The van der Waals surface area contributed by atoms with E-state index in [9.17, 15) is 28.8 Å². The molecule has 20 heteroatoms. The molecule has 0 saturated carbocycles. The molecule has 0 N–H and O–H groups in total. The maximum atomic E-state index is 12.1. The number of aromatic nitrogens is 6. The quantitative estimate of drug-likeness (QED) is 0.0281. The molecular formula is C96H90Ir2N6O12. The van der Waals surface area contributed by atoms with Gasteiger partial charge in [0.1, 0.15) is 0 Å². The van der Waals surface area contributed by atoms with Gasteiger partial charge in [0.2, 0.25) is 0 Å². The van der Waals surface area contributed by atoms with Gasteiger partial charge in [-0.2, -0.15) is 0 Å². The summed E-state index contributed by atoms with van der Waals surface area (Å²) in [4.78, 5) is 95.9. The summed E-state index contributed by atoms with van der Waals surface area (Å²) in [7, 11) is 0. The summed E-state index contributed by atoms with van der Waals surface area (Å²) in [6, 6.07) is 83.3. The Kier molecular flexibility index (Phi) is 38.4. The molecule has 18 nitrogen and oxygen atoms in total. The van der Waals surface area contributed by atoms with Crippen molar-refractivity contribution in [3.63, 3.8) is 0 Å². The Labute approximate surface area is 707 Å². The van der Waals surface area contributed by atoms with E-state index >= 15 is 0 Å². The molecule has 6 aromatic heterocycles. The van der Waals surface area contributed by atoms with Crippen molar-refractivity contribution >= 4 is 35.8 Å². The van der Waals surface area contributed by atoms with E-state index in [2.05, 4.69) is 86.0 Å². The van der Waals surface area contributed by atoms with Gasteiger partial charge < -0.3 is 58.3 Å². The summed E-state index contributed by atoms with van der Waals surface area (Å²) in [6.07, 6.45) is 12.5. The van der Waals surface area contributed by atoms with Crippen LogP contribution in [-0.4, -0.2) is 65.7 Å². The van der Waals surface area contributed by atoms with Gasteiger partial charge in [0.25, 0.3) is 0 Å². The van der Waals surface area contributed by atoms with Crippen LogP contribution in [0.3, 0.4) is 0 Å². The molecule has 0 bridgehead atoms. The average molecular weight is 1900 g/mol. The van der Waals surface area contributed by atoms with Crippen molar-refractivity contribution in [3.05, 3.63) is 328 Å². The second kappa shape index (κ2) is 47.3. The van der Waals surface area contributed by atoms with Crippen LogP contribution < -0.4 is 28.4 Å². The molecule has 0 spiro atoms. The summed E-state index contributed by atoms with van der Waals surface area (Å²) in [5.74, 6) is 0.971. The third kappa shape index (κ3) is 30.8. The SMILES string of the molecule is C=C(C)C(=O)Oc1cc[c-]c(-c2ccccn2)c1.C=C(C)C(=O)Oc1cc[c-]c(-c2ccccn2)c1.C=C(C)C(=O)Oc1cc[c-]c(-c2ccccn2)c1.CCC(C)(C)C(=O)Oc1cc[c-]c(-c2ccccn2)c1.CCC(C)(C)C(=O)Oc1cc[c-]c(-c2ccccn2)c1.CCC(C)(C)C(=O)Oc1cc[c-]c(-c2ccccn2)c1.[Ir+3].[Ir+3]. The molecule has 12 aromatic rings. The first kappa shape index (κ1) is 94.2. The minimum absolute atomic E-state index is 0. The summed E-state index contributed by atoms with van der Waals surface area (Å²) >= 11 is 0. The number of esters is 6. The normalized spacial score (nSPS) is 10.3. The summed E-state index contributed by atoms with van der Waals surface area (Å²) in [5.41, 5.74) is 9.18. The number of benzene rings is 6. The van der Waals surface area contributed by atoms with Crippen molar-refractivity contribution in [2.24, 2.45) is 16.2 Å². The number of hydrogen-bond donors (Lipinski definition) is 0.